The summed E-state index contributed by atoms with van der Waals surface area (Å²) in [4.78, 5) is 12.2. The number of hydrogen-bond acceptors (Lipinski definition) is 2. The number of allylic oxidation sites excluding steroid dienone is 2. The van der Waals surface area contributed by atoms with E-state index in [-0.39, 0.29) is 0 Å². The first kappa shape index (κ1) is 16.7. The predicted octanol–water partition coefficient (Wildman–Crippen LogP) is 4.80. The number of fused-ring (bicyclic) bond motifs is 1. The second-order valence-corrected chi connectivity index (χ2v) is 7.80. The Labute approximate surface area is 130 Å². The van der Waals surface area contributed by atoms with E-state index in [9.17, 15) is 9.90 Å². The van der Waals surface area contributed by atoms with Crippen LogP contribution in [0.25, 0.3) is 0 Å². The molecule has 1 saturated carbocycles. The Balaban J connectivity index is 2.09. The van der Waals surface area contributed by atoms with E-state index in [1.807, 2.05) is 13.8 Å². The lowest BCUT2D eigenvalue weighted by Crippen LogP contribution is -2.22. The van der Waals surface area contributed by atoms with Gasteiger partial charge in [0.05, 0.1) is 5.60 Å². The molecule has 0 heterocycles. The molecular formula is C19H32O2. The molecule has 0 spiro atoms. The molecule has 120 valence electrons. The maximum Gasteiger partial charge on any atom is 0.133 e. The standard InChI is InChI=1S/C19H32O2/c1-19(2,21)12-11-15-9-10-18(20)14-17-8-6-4-3-5-7-16(17)13-15/h13,16-17,21H,3-12,14H2,1-2H3. The lowest BCUT2D eigenvalue weighted by Gasteiger charge is -2.30. The van der Waals surface area contributed by atoms with E-state index < -0.39 is 5.60 Å². The number of carbonyl (C=O) groups is 1. The fourth-order valence-corrected chi connectivity index (χ4v) is 3.82. The molecule has 21 heavy (non-hydrogen) atoms. The molecule has 0 radical (unpaired) electrons. The third-order valence-corrected chi connectivity index (χ3v) is 5.19. The number of Topliss-reactive ketones (excluding diaryl/α,β-unsaturated/α-hetero) is 1. The fraction of sp³-hybridized carbons (Fsp3) is 0.842. The summed E-state index contributed by atoms with van der Waals surface area (Å²) in [5.41, 5.74) is 0.814. The van der Waals surface area contributed by atoms with Crippen LogP contribution >= 0.6 is 0 Å². The van der Waals surface area contributed by atoms with Gasteiger partial charge in [0.2, 0.25) is 0 Å². The Kier molecular flexibility index (Phi) is 6.04. The topological polar surface area (TPSA) is 37.3 Å². The van der Waals surface area contributed by atoms with Crippen molar-refractivity contribution in [1.82, 2.24) is 0 Å². The second kappa shape index (κ2) is 7.58. The summed E-state index contributed by atoms with van der Waals surface area (Å²) in [6.45, 7) is 3.75. The van der Waals surface area contributed by atoms with Crippen molar-refractivity contribution in [2.45, 2.75) is 90.1 Å². The van der Waals surface area contributed by atoms with Crippen molar-refractivity contribution >= 4 is 5.78 Å². The minimum atomic E-state index is -0.604. The summed E-state index contributed by atoms with van der Waals surface area (Å²) in [6.07, 6.45) is 14.4. The third-order valence-electron chi connectivity index (χ3n) is 5.19. The van der Waals surface area contributed by atoms with Crippen LogP contribution in [0.1, 0.15) is 84.5 Å². The minimum Gasteiger partial charge on any atom is -0.390 e. The molecule has 2 atom stereocenters. The molecule has 2 aliphatic carbocycles. The Morgan fingerprint density at radius 3 is 2.57 bits per heavy atom. The zero-order valence-corrected chi connectivity index (χ0v) is 13.9. The molecule has 2 aliphatic rings. The summed E-state index contributed by atoms with van der Waals surface area (Å²) in [5.74, 6) is 1.64. The van der Waals surface area contributed by atoms with Crippen LogP contribution in [0.5, 0.6) is 0 Å². The Bertz CT molecular complexity index is 376. The highest BCUT2D eigenvalue weighted by atomic mass is 16.3. The number of rotatable bonds is 3. The van der Waals surface area contributed by atoms with Crippen LogP contribution in [-0.2, 0) is 4.79 Å². The van der Waals surface area contributed by atoms with Gasteiger partial charge >= 0.3 is 0 Å². The van der Waals surface area contributed by atoms with E-state index in [1.165, 1.54) is 44.1 Å². The van der Waals surface area contributed by atoms with Crippen LogP contribution < -0.4 is 0 Å². The summed E-state index contributed by atoms with van der Waals surface area (Å²) >= 11 is 0. The molecule has 0 aromatic rings. The average Bonchev–Trinajstić information content (AvgIpc) is 2.36. The largest absolute Gasteiger partial charge is 0.390 e. The molecule has 2 heteroatoms. The summed E-state index contributed by atoms with van der Waals surface area (Å²) < 4.78 is 0. The van der Waals surface area contributed by atoms with Gasteiger partial charge in [-0.3, -0.25) is 4.79 Å². The van der Waals surface area contributed by atoms with Crippen molar-refractivity contribution < 1.29 is 9.90 Å². The van der Waals surface area contributed by atoms with Crippen molar-refractivity contribution in [3.63, 3.8) is 0 Å². The van der Waals surface area contributed by atoms with Crippen LogP contribution in [-0.4, -0.2) is 16.5 Å². The van der Waals surface area contributed by atoms with E-state index in [2.05, 4.69) is 6.08 Å². The maximum atomic E-state index is 12.2. The van der Waals surface area contributed by atoms with Gasteiger partial charge in [-0.2, -0.15) is 0 Å². The van der Waals surface area contributed by atoms with Gasteiger partial charge in [0.15, 0.2) is 0 Å². The van der Waals surface area contributed by atoms with Crippen LogP contribution in [0, 0.1) is 11.8 Å². The van der Waals surface area contributed by atoms with Crippen LogP contribution in [0.3, 0.4) is 0 Å². The first-order chi connectivity index (χ1) is 9.94. The second-order valence-electron chi connectivity index (χ2n) is 7.80. The molecule has 2 unspecified atom stereocenters. The van der Waals surface area contributed by atoms with Gasteiger partial charge in [-0.05, 0) is 57.8 Å². The van der Waals surface area contributed by atoms with Gasteiger partial charge < -0.3 is 5.11 Å². The molecular weight excluding hydrogens is 260 g/mol. The fourth-order valence-electron chi connectivity index (χ4n) is 3.82. The number of carbonyl (C=O) groups excluding carboxylic acids is 1. The molecule has 0 bridgehead atoms. The number of hydrogen-bond donors (Lipinski definition) is 1. The van der Waals surface area contributed by atoms with Crippen LogP contribution in [0.4, 0.5) is 0 Å². The molecule has 2 rings (SSSR count). The van der Waals surface area contributed by atoms with Crippen LogP contribution in [0.2, 0.25) is 0 Å². The van der Waals surface area contributed by atoms with Gasteiger partial charge in [0.1, 0.15) is 5.78 Å². The highest BCUT2D eigenvalue weighted by molar-refractivity contribution is 5.79. The van der Waals surface area contributed by atoms with Crippen molar-refractivity contribution in [2.75, 3.05) is 0 Å². The highest BCUT2D eigenvalue weighted by Crippen LogP contribution is 2.35. The zero-order chi connectivity index (χ0) is 15.3. The quantitative estimate of drug-likeness (QED) is 0.758. The maximum absolute atomic E-state index is 12.2. The molecule has 0 aliphatic heterocycles. The normalized spacial score (nSPS) is 28.7. The molecule has 0 aromatic heterocycles. The molecule has 0 saturated heterocycles. The smallest absolute Gasteiger partial charge is 0.133 e. The first-order valence-electron chi connectivity index (χ1n) is 8.88. The van der Waals surface area contributed by atoms with Crippen molar-refractivity contribution in [1.29, 1.82) is 0 Å². The van der Waals surface area contributed by atoms with Gasteiger partial charge in [0.25, 0.3) is 0 Å². The van der Waals surface area contributed by atoms with E-state index in [4.69, 9.17) is 0 Å². The zero-order valence-electron chi connectivity index (χ0n) is 13.9. The molecule has 0 amide bonds. The molecule has 1 N–H and O–H groups in total. The number of aliphatic hydroxyl groups is 1. The van der Waals surface area contributed by atoms with E-state index in [0.29, 0.717) is 24.0 Å². The Morgan fingerprint density at radius 2 is 1.86 bits per heavy atom. The van der Waals surface area contributed by atoms with Gasteiger partial charge in [-0.1, -0.05) is 37.3 Å². The first-order valence-corrected chi connectivity index (χ1v) is 8.88. The lowest BCUT2D eigenvalue weighted by molar-refractivity contribution is -0.120. The van der Waals surface area contributed by atoms with E-state index in [0.717, 1.165) is 25.7 Å². The monoisotopic (exact) mass is 292 g/mol. The van der Waals surface area contributed by atoms with Gasteiger partial charge in [-0.15, -0.1) is 0 Å². The summed E-state index contributed by atoms with van der Waals surface area (Å²) in [6, 6.07) is 0. The van der Waals surface area contributed by atoms with Crippen molar-refractivity contribution in [3.05, 3.63) is 11.6 Å². The average molecular weight is 292 g/mol. The lowest BCUT2D eigenvalue weighted by atomic mass is 9.75. The number of ketones is 1. The SMILES string of the molecule is CC(C)(O)CCC1=CC2CCCCCCC2CC(=O)CC1. The minimum absolute atomic E-state index is 0.458. The molecule has 0 aromatic carbocycles. The molecule has 1 fully saturated rings. The third kappa shape index (κ3) is 5.94. The Hall–Kier alpha value is -0.630. The van der Waals surface area contributed by atoms with Crippen molar-refractivity contribution in [3.8, 4) is 0 Å². The van der Waals surface area contributed by atoms with Crippen molar-refractivity contribution in [2.24, 2.45) is 11.8 Å². The summed E-state index contributed by atoms with van der Waals surface area (Å²) in [7, 11) is 0. The molecule has 2 nitrogen and oxygen atoms in total. The summed E-state index contributed by atoms with van der Waals surface area (Å²) in [5, 5.41) is 9.95. The van der Waals surface area contributed by atoms with Gasteiger partial charge in [0, 0.05) is 12.8 Å². The Morgan fingerprint density at radius 1 is 1.14 bits per heavy atom. The van der Waals surface area contributed by atoms with E-state index in [1.54, 1.807) is 0 Å². The van der Waals surface area contributed by atoms with Gasteiger partial charge in [-0.25, -0.2) is 0 Å². The highest BCUT2D eigenvalue weighted by Gasteiger charge is 2.26. The van der Waals surface area contributed by atoms with E-state index >= 15 is 0 Å². The van der Waals surface area contributed by atoms with Crippen LogP contribution in [0.15, 0.2) is 11.6 Å². The predicted molar refractivity (Wildman–Crippen MR) is 87.2 cm³/mol.